The number of rotatable bonds is 1. The fraction of sp³-hybridized carbons (Fsp3) is 1.00. The maximum absolute atomic E-state index is 5.79. The lowest BCUT2D eigenvalue weighted by Crippen LogP contribution is -2.46. The maximum Gasteiger partial charge on any atom is 0.165 e. The Kier molecular flexibility index (Phi) is 2.26. The van der Waals surface area contributed by atoms with E-state index >= 15 is 0 Å². The highest BCUT2D eigenvalue weighted by Crippen LogP contribution is 2.31. The van der Waals surface area contributed by atoms with Crippen molar-refractivity contribution in [3.8, 4) is 0 Å². The first-order valence-corrected chi connectivity index (χ1v) is 4.32. The number of hydrogen-bond donors (Lipinski definition) is 0. The molecule has 66 valence electrons. The van der Waals surface area contributed by atoms with Gasteiger partial charge in [0, 0.05) is 0 Å². The summed E-state index contributed by atoms with van der Waals surface area (Å²) in [7, 11) is 0. The van der Waals surface area contributed by atoms with Crippen LogP contribution in [0.2, 0.25) is 0 Å². The highest BCUT2D eigenvalue weighted by Gasteiger charge is 2.36. The molecule has 0 aromatic carbocycles. The van der Waals surface area contributed by atoms with E-state index in [0.29, 0.717) is 0 Å². The van der Waals surface area contributed by atoms with Gasteiger partial charge >= 0.3 is 0 Å². The fourth-order valence-corrected chi connectivity index (χ4v) is 1.35. The second kappa shape index (κ2) is 2.76. The van der Waals surface area contributed by atoms with Gasteiger partial charge in [0.25, 0.3) is 0 Å². The Hall–Kier alpha value is -0.0800. The smallest absolute Gasteiger partial charge is 0.165 e. The van der Waals surface area contributed by atoms with Crippen LogP contribution in [-0.4, -0.2) is 18.0 Å². The summed E-state index contributed by atoms with van der Waals surface area (Å²) in [6.45, 7) is 9.14. The van der Waals surface area contributed by atoms with Gasteiger partial charge in [-0.25, -0.2) is 0 Å². The fourth-order valence-electron chi connectivity index (χ4n) is 1.35. The summed E-state index contributed by atoms with van der Waals surface area (Å²) in [6, 6.07) is 0. The van der Waals surface area contributed by atoms with Gasteiger partial charge < -0.3 is 9.47 Å². The van der Waals surface area contributed by atoms with Crippen molar-refractivity contribution in [3.05, 3.63) is 0 Å². The topological polar surface area (TPSA) is 18.5 Å². The standard InChI is InChI=1S/C9H18O2/c1-5-9(4)10-7-6-8(2,3)11-9/h5-7H2,1-4H3. The summed E-state index contributed by atoms with van der Waals surface area (Å²) in [5, 5.41) is 0. The molecular formula is C9H18O2. The molecule has 0 radical (unpaired) electrons. The summed E-state index contributed by atoms with van der Waals surface area (Å²) < 4.78 is 11.3. The third kappa shape index (κ3) is 2.17. The molecule has 1 atom stereocenters. The van der Waals surface area contributed by atoms with Crippen molar-refractivity contribution in [2.75, 3.05) is 6.61 Å². The van der Waals surface area contributed by atoms with Crippen LogP contribution < -0.4 is 0 Å². The predicted molar refractivity (Wildman–Crippen MR) is 44.4 cm³/mol. The molecule has 1 unspecified atom stereocenters. The van der Waals surface area contributed by atoms with Crippen LogP contribution >= 0.6 is 0 Å². The molecule has 2 heteroatoms. The molecule has 0 aromatic rings. The average Bonchev–Trinajstić information content (AvgIpc) is 1.85. The lowest BCUT2D eigenvalue weighted by atomic mass is 10.0. The normalized spacial score (nSPS) is 37.1. The lowest BCUT2D eigenvalue weighted by molar-refractivity contribution is -0.311. The highest BCUT2D eigenvalue weighted by atomic mass is 16.7. The first-order valence-electron chi connectivity index (χ1n) is 4.32. The second-order valence-electron chi connectivity index (χ2n) is 3.95. The molecule has 1 fully saturated rings. The van der Waals surface area contributed by atoms with Crippen LogP contribution in [0.4, 0.5) is 0 Å². The SMILES string of the molecule is CCC1(C)OCCC(C)(C)O1. The molecule has 0 spiro atoms. The molecule has 2 nitrogen and oxygen atoms in total. The van der Waals surface area contributed by atoms with E-state index in [1.165, 1.54) is 0 Å². The van der Waals surface area contributed by atoms with E-state index in [2.05, 4.69) is 20.8 Å². The van der Waals surface area contributed by atoms with Gasteiger partial charge in [0.2, 0.25) is 0 Å². The van der Waals surface area contributed by atoms with Crippen LogP contribution in [0.25, 0.3) is 0 Å². The molecule has 0 N–H and O–H groups in total. The van der Waals surface area contributed by atoms with Crippen molar-refractivity contribution in [1.29, 1.82) is 0 Å². The maximum atomic E-state index is 5.79. The van der Waals surface area contributed by atoms with E-state index in [-0.39, 0.29) is 11.4 Å². The van der Waals surface area contributed by atoms with Crippen molar-refractivity contribution < 1.29 is 9.47 Å². The quantitative estimate of drug-likeness (QED) is 0.583. The average molecular weight is 158 g/mol. The Balaban J connectivity index is 2.59. The van der Waals surface area contributed by atoms with Crippen molar-refractivity contribution in [3.63, 3.8) is 0 Å². The molecule has 11 heavy (non-hydrogen) atoms. The van der Waals surface area contributed by atoms with Crippen LogP contribution in [0.15, 0.2) is 0 Å². The van der Waals surface area contributed by atoms with Gasteiger partial charge in [-0.2, -0.15) is 0 Å². The summed E-state index contributed by atoms with van der Waals surface area (Å²) >= 11 is 0. The zero-order valence-corrected chi connectivity index (χ0v) is 7.94. The van der Waals surface area contributed by atoms with Crippen LogP contribution in [0.3, 0.4) is 0 Å². The van der Waals surface area contributed by atoms with Crippen molar-refractivity contribution in [1.82, 2.24) is 0 Å². The Morgan fingerprint density at radius 2 is 1.91 bits per heavy atom. The van der Waals surface area contributed by atoms with E-state index in [1.807, 2.05) is 6.92 Å². The minimum absolute atomic E-state index is 0.0109. The van der Waals surface area contributed by atoms with Gasteiger partial charge in [-0.05, 0) is 33.6 Å². The molecule has 0 aliphatic carbocycles. The summed E-state index contributed by atoms with van der Waals surface area (Å²) in [6.07, 6.45) is 1.90. The van der Waals surface area contributed by atoms with Crippen LogP contribution in [0.1, 0.15) is 40.5 Å². The summed E-state index contributed by atoms with van der Waals surface area (Å²) in [4.78, 5) is 0. The minimum Gasteiger partial charge on any atom is -0.350 e. The Morgan fingerprint density at radius 1 is 1.27 bits per heavy atom. The molecule has 1 aliphatic heterocycles. The molecule has 0 aromatic heterocycles. The summed E-state index contributed by atoms with van der Waals surface area (Å²) in [5.74, 6) is -0.345. The molecule has 1 aliphatic rings. The Bertz CT molecular complexity index is 142. The number of ether oxygens (including phenoxy) is 2. The predicted octanol–water partition coefficient (Wildman–Crippen LogP) is 2.33. The monoisotopic (exact) mass is 158 g/mol. The molecule has 0 bridgehead atoms. The molecule has 0 amide bonds. The zero-order chi connectivity index (χ0) is 8.54. The molecule has 1 rings (SSSR count). The third-order valence-corrected chi connectivity index (χ3v) is 2.25. The van der Waals surface area contributed by atoms with Gasteiger partial charge in [0.1, 0.15) is 0 Å². The van der Waals surface area contributed by atoms with Crippen LogP contribution in [0.5, 0.6) is 0 Å². The largest absolute Gasteiger partial charge is 0.350 e. The summed E-state index contributed by atoms with van der Waals surface area (Å²) in [5.41, 5.74) is -0.0109. The van der Waals surface area contributed by atoms with E-state index < -0.39 is 0 Å². The molecule has 1 heterocycles. The van der Waals surface area contributed by atoms with E-state index in [4.69, 9.17) is 9.47 Å². The van der Waals surface area contributed by atoms with Gasteiger partial charge in [-0.3, -0.25) is 0 Å². The first kappa shape index (κ1) is 9.01. The van der Waals surface area contributed by atoms with E-state index in [9.17, 15) is 0 Å². The van der Waals surface area contributed by atoms with Crippen LogP contribution in [0, 0.1) is 0 Å². The first-order chi connectivity index (χ1) is 4.97. The molecule has 1 saturated heterocycles. The van der Waals surface area contributed by atoms with Crippen molar-refractivity contribution >= 4 is 0 Å². The Labute approximate surface area is 68.9 Å². The highest BCUT2D eigenvalue weighted by molar-refractivity contribution is 4.78. The second-order valence-corrected chi connectivity index (χ2v) is 3.95. The van der Waals surface area contributed by atoms with Gasteiger partial charge in [0.05, 0.1) is 12.2 Å². The minimum atomic E-state index is -0.345. The van der Waals surface area contributed by atoms with Gasteiger partial charge in [-0.15, -0.1) is 0 Å². The van der Waals surface area contributed by atoms with Gasteiger partial charge in [-0.1, -0.05) is 6.92 Å². The van der Waals surface area contributed by atoms with Crippen molar-refractivity contribution in [2.24, 2.45) is 0 Å². The molecule has 0 saturated carbocycles. The number of hydrogen-bond acceptors (Lipinski definition) is 2. The van der Waals surface area contributed by atoms with Gasteiger partial charge in [0.15, 0.2) is 5.79 Å². The Morgan fingerprint density at radius 3 is 2.27 bits per heavy atom. The third-order valence-electron chi connectivity index (χ3n) is 2.25. The van der Waals surface area contributed by atoms with E-state index in [0.717, 1.165) is 19.4 Å². The van der Waals surface area contributed by atoms with Crippen molar-refractivity contribution in [2.45, 2.75) is 51.9 Å². The molecular weight excluding hydrogens is 140 g/mol. The van der Waals surface area contributed by atoms with Crippen LogP contribution in [-0.2, 0) is 9.47 Å². The lowest BCUT2D eigenvalue weighted by Gasteiger charge is -2.42. The zero-order valence-electron chi connectivity index (χ0n) is 7.94. The van der Waals surface area contributed by atoms with E-state index in [1.54, 1.807) is 0 Å².